The number of carboxylic acids is 1. The third-order valence-corrected chi connectivity index (χ3v) is 4.41. The quantitative estimate of drug-likeness (QED) is 0.398. The molecule has 1 aromatic carbocycles. The van der Waals surface area contributed by atoms with Gasteiger partial charge in [0.15, 0.2) is 11.6 Å². The van der Waals surface area contributed by atoms with Gasteiger partial charge >= 0.3 is 12.6 Å². The summed E-state index contributed by atoms with van der Waals surface area (Å²) in [6.45, 7) is -1.08. The van der Waals surface area contributed by atoms with E-state index in [1.807, 2.05) is 0 Å². The van der Waals surface area contributed by atoms with Crippen LogP contribution in [0.15, 0.2) is 41.5 Å². The van der Waals surface area contributed by atoms with Gasteiger partial charge in [-0.05, 0) is 23.8 Å². The van der Waals surface area contributed by atoms with Gasteiger partial charge in [0.1, 0.15) is 17.3 Å². The van der Waals surface area contributed by atoms with Crippen molar-refractivity contribution in [1.82, 2.24) is 9.97 Å². The van der Waals surface area contributed by atoms with E-state index in [-0.39, 0.29) is 34.5 Å². The molecule has 4 N–H and O–H groups in total. The van der Waals surface area contributed by atoms with Gasteiger partial charge in [0, 0.05) is 18.7 Å². The lowest BCUT2D eigenvalue weighted by Gasteiger charge is -2.26. The van der Waals surface area contributed by atoms with Gasteiger partial charge in [-0.25, -0.2) is 19.2 Å². The molecule has 0 bridgehead atoms. The highest BCUT2D eigenvalue weighted by atomic mass is 19.3. The van der Waals surface area contributed by atoms with Crippen LogP contribution in [0.1, 0.15) is 5.56 Å². The van der Waals surface area contributed by atoms with Gasteiger partial charge in [-0.15, -0.1) is 0 Å². The number of hydrogen-bond acceptors (Lipinski definition) is 8. The molecule has 0 aliphatic carbocycles. The largest absolute Gasteiger partial charge is 0.477 e. The number of nitrogens with two attached hydrogens (primary N) is 1. The van der Waals surface area contributed by atoms with Crippen molar-refractivity contribution in [3.8, 4) is 5.75 Å². The van der Waals surface area contributed by atoms with Crippen LogP contribution in [0.4, 0.5) is 24.9 Å². The zero-order valence-corrected chi connectivity index (χ0v) is 17.0. The van der Waals surface area contributed by atoms with E-state index in [1.54, 1.807) is 4.90 Å². The van der Waals surface area contributed by atoms with E-state index < -0.39 is 24.1 Å². The second-order valence-electron chi connectivity index (χ2n) is 6.62. The minimum atomic E-state index is -3.03. The minimum absolute atomic E-state index is 0.157. The van der Waals surface area contributed by atoms with E-state index in [0.29, 0.717) is 26.3 Å². The number of carbonyl (C=O) groups is 1. The van der Waals surface area contributed by atoms with Crippen molar-refractivity contribution in [2.24, 2.45) is 10.7 Å². The maximum absolute atomic E-state index is 14.2. The van der Waals surface area contributed by atoms with Crippen LogP contribution in [0.5, 0.6) is 5.75 Å². The van der Waals surface area contributed by atoms with Gasteiger partial charge in [0.25, 0.3) is 0 Å². The highest BCUT2D eigenvalue weighted by Crippen LogP contribution is 2.23. The first-order valence-corrected chi connectivity index (χ1v) is 9.53. The summed E-state index contributed by atoms with van der Waals surface area (Å²) in [7, 11) is 0. The molecule has 33 heavy (non-hydrogen) atoms. The Balaban J connectivity index is 1.94. The van der Waals surface area contributed by atoms with Crippen LogP contribution in [-0.2, 0) is 9.53 Å². The number of anilines is 1. The lowest BCUT2D eigenvalue weighted by Crippen LogP contribution is -2.37. The van der Waals surface area contributed by atoms with Crippen molar-refractivity contribution in [2.75, 3.05) is 31.2 Å². The number of hydrogen-bond donors (Lipinski definition) is 3. The van der Waals surface area contributed by atoms with Crippen molar-refractivity contribution in [2.45, 2.75) is 6.61 Å². The number of nitrogens with one attached hydrogen (secondary N) is 1. The number of aliphatic carboxylic acids is 1. The van der Waals surface area contributed by atoms with Crippen LogP contribution >= 0.6 is 0 Å². The van der Waals surface area contributed by atoms with Crippen molar-refractivity contribution in [1.29, 1.82) is 5.41 Å². The summed E-state index contributed by atoms with van der Waals surface area (Å²) in [6, 6.07) is 4.90. The molecule has 0 amide bonds. The Bertz CT molecular complexity index is 1090. The van der Waals surface area contributed by atoms with Crippen LogP contribution in [0.3, 0.4) is 0 Å². The van der Waals surface area contributed by atoms with Crippen molar-refractivity contribution >= 4 is 34.9 Å². The summed E-state index contributed by atoms with van der Waals surface area (Å²) in [5.41, 5.74) is 5.02. The summed E-state index contributed by atoms with van der Waals surface area (Å²) in [6.07, 6.45) is 1.99. The molecule has 3 rings (SSSR count). The topological polar surface area (TPSA) is 147 Å². The fourth-order valence-corrected chi connectivity index (χ4v) is 2.88. The maximum Gasteiger partial charge on any atom is 0.387 e. The number of nitrogens with zero attached hydrogens (tertiary/aromatic N) is 4. The fourth-order valence-electron chi connectivity index (χ4n) is 2.88. The second kappa shape index (κ2) is 10.5. The molecule has 1 aliphatic heterocycles. The molecular weight excluding hydrogens is 445 g/mol. The summed E-state index contributed by atoms with van der Waals surface area (Å²) < 4.78 is 48.4. The number of morpholine rings is 1. The number of carboxylic acid groups (broad SMARTS) is 1. The molecule has 10 nitrogen and oxygen atoms in total. The molecule has 0 atom stereocenters. The lowest BCUT2D eigenvalue weighted by atomic mass is 10.0. The Kier molecular flexibility index (Phi) is 7.56. The summed E-state index contributed by atoms with van der Waals surface area (Å²) in [5.74, 6) is -3.06. The fraction of sp³-hybridized carbons (Fsp3) is 0.250. The number of ether oxygens (including phenoxy) is 2. The second-order valence-corrected chi connectivity index (χ2v) is 6.62. The molecule has 0 saturated carbocycles. The van der Waals surface area contributed by atoms with Gasteiger partial charge in [-0.2, -0.15) is 13.8 Å². The monoisotopic (exact) mass is 464 g/mol. The Morgan fingerprint density at radius 3 is 2.58 bits per heavy atom. The van der Waals surface area contributed by atoms with Gasteiger partial charge in [-0.3, -0.25) is 5.41 Å². The third-order valence-electron chi connectivity index (χ3n) is 4.41. The number of rotatable bonds is 8. The van der Waals surface area contributed by atoms with Crippen LogP contribution in [-0.4, -0.2) is 65.5 Å². The molecule has 1 aliphatic rings. The molecular formula is C20H19F3N6O4. The van der Waals surface area contributed by atoms with E-state index in [1.165, 1.54) is 24.3 Å². The van der Waals surface area contributed by atoms with Crippen LogP contribution in [0, 0.1) is 11.2 Å². The first-order valence-electron chi connectivity index (χ1n) is 9.53. The predicted octanol–water partition coefficient (Wildman–Crippen LogP) is 2.23. The number of benzene rings is 1. The number of halogens is 3. The SMILES string of the molecule is N=C(C(=O)O)/C(=C\C(N)=Nc1nc(N2CCOCC2)ncc1F)c1ccc(OC(F)F)cc1. The van der Waals surface area contributed by atoms with Gasteiger partial charge < -0.3 is 25.2 Å². The zero-order chi connectivity index (χ0) is 24.0. The standard InChI is InChI=1S/C20H19F3N6O4/c21-14-10-26-20(29-5-7-32-8-6-29)28-17(14)27-15(24)9-13(16(25)18(30)31)11-1-3-12(4-2-11)33-19(22)23/h1-4,9-10,19,25H,5-8H2,(H,30,31)(H2,24,26,27,28)/b13-9-,25-16?. The minimum Gasteiger partial charge on any atom is -0.477 e. The predicted molar refractivity (Wildman–Crippen MR) is 113 cm³/mol. The molecule has 0 unspecified atom stereocenters. The molecule has 174 valence electrons. The number of amidine groups is 1. The van der Waals surface area contributed by atoms with Crippen LogP contribution < -0.4 is 15.4 Å². The smallest absolute Gasteiger partial charge is 0.387 e. The summed E-state index contributed by atoms with van der Waals surface area (Å²) >= 11 is 0. The summed E-state index contributed by atoms with van der Waals surface area (Å²) in [5, 5.41) is 17.1. The van der Waals surface area contributed by atoms with Gasteiger partial charge in [0.2, 0.25) is 5.95 Å². The van der Waals surface area contributed by atoms with E-state index in [2.05, 4.69) is 19.7 Å². The van der Waals surface area contributed by atoms with Gasteiger partial charge in [-0.1, -0.05) is 12.1 Å². The average molecular weight is 464 g/mol. The number of aromatic nitrogens is 2. The Morgan fingerprint density at radius 2 is 1.97 bits per heavy atom. The van der Waals surface area contributed by atoms with E-state index in [0.717, 1.165) is 12.3 Å². The molecule has 2 aromatic rings. The third kappa shape index (κ3) is 6.26. The van der Waals surface area contributed by atoms with Crippen molar-refractivity contribution in [3.63, 3.8) is 0 Å². The Hall–Kier alpha value is -4.00. The van der Waals surface area contributed by atoms with Crippen LogP contribution in [0.2, 0.25) is 0 Å². The maximum atomic E-state index is 14.2. The molecule has 1 saturated heterocycles. The molecule has 0 radical (unpaired) electrons. The first-order chi connectivity index (χ1) is 15.7. The zero-order valence-electron chi connectivity index (χ0n) is 17.0. The lowest BCUT2D eigenvalue weighted by molar-refractivity contribution is -0.129. The Morgan fingerprint density at radius 1 is 1.30 bits per heavy atom. The van der Waals surface area contributed by atoms with E-state index in [9.17, 15) is 23.1 Å². The van der Waals surface area contributed by atoms with Gasteiger partial charge in [0.05, 0.1) is 19.4 Å². The first kappa shape index (κ1) is 23.7. The van der Waals surface area contributed by atoms with E-state index in [4.69, 9.17) is 15.9 Å². The Labute approximate surface area is 185 Å². The average Bonchev–Trinajstić information content (AvgIpc) is 2.79. The van der Waals surface area contributed by atoms with Crippen molar-refractivity contribution in [3.05, 3.63) is 47.9 Å². The number of alkyl halides is 2. The van der Waals surface area contributed by atoms with Crippen molar-refractivity contribution < 1.29 is 32.5 Å². The highest BCUT2D eigenvalue weighted by Gasteiger charge is 2.18. The highest BCUT2D eigenvalue weighted by molar-refractivity contribution is 6.53. The van der Waals surface area contributed by atoms with E-state index >= 15 is 0 Å². The number of aliphatic imine (C=N–C) groups is 1. The molecule has 13 heteroatoms. The molecule has 2 heterocycles. The molecule has 0 spiro atoms. The normalized spacial score (nSPS) is 15.0. The van der Waals surface area contributed by atoms with Crippen LogP contribution in [0.25, 0.3) is 5.57 Å². The molecule has 1 aromatic heterocycles. The molecule has 1 fully saturated rings. The summed E-state index contributed by atoms with van der Waals surface area (Å²) in [4.78, 5) is 25.1.